The lowest BCUT2D eigenvalue weighted by Crippen LogP contribution is -2.14. The van der Waals surface area contributed by atoms with Crippen LogP contribution in [0.25, 0.3) is 0 Å². The fourth-order valence-corrected chi connectivity index (χ4v) is 1.91. The molecule has 0 spiro atoms. The molecule has 0 aliphatic carbocycles. The highest BCUT2D eigenvalue weighted by Gasteiger charge is 2.09. The Kier molecular flexibility index (Phi) is 6.42. The van der Waals surface area contributed by atoms with Gasteiger partial charge in [0.15, 0.2) is 0 Å². The van der Waals surface area contributed by atoms with Gasteiger partial charge in [-0.15, -0.1) is 0 Å². The zero-order chi connectivity index (χ0) is 13.5. The van der Waals surface area contributed by atoms with Crippen molar-refractivity contribution in [3.05, 3.63) is 26.8 Å². The molecule has 0 atom stereocenters. The van der Waals surface area contributed by atoms with Crippen LogP contribution in [0.4, 0.5) is 5.69 Å². The van der Waals surface area contributed by atoms with E-state index in [0.717, 1.165) is 3.57 Å². The molecule has 1 aromatic carbocycles. The summed E-state index contributed by atoms with van der Waals surface area (Å²) in [6, 6.07) is 5.33. The molecule has 0 unspecified atom stereocenters. The summed E-state index contributed by atoms with van der Waals surface area (Å²) in [6.45, 7) is 2.05. The minimum absolute atomic E-state index is 0.0707. The van der Waals surface area contributed by atoms with E-state index in [-0.39, 0.29) is 24.7 Å². The Morgan fingerprint density at radius 2 is 2.11 bits per heavy atom. The lowest BCUT2D eigenvalue weighted by molar-refractivity contribution is -0.144. The summed E-state index contributed by atoms with van der Waals surface area (Å²) >= 11 is 8.07. The van der Waals surface area contributed by atoms with Crippen molar-refractivity contribution in [1.82, 2.24) is 0 Å². The summed E-state index contributed by atoms with van der Waals surface area (Å²) in [6.07, 6.45) is 0.155. The third-order valence-electron chi connectivity index (χ3n) is 2.06. The topological polar surface area (TPSA) is 55.4 Å². The predicted octanol–water partition coefficient (Wildman–Crippen LogP) is 3.23. The minimum Gasteiger partial charge on any atom is -0.466 e. The van der Waals surface area contributed by atoms with Gasteiger partial charge < -0.3 is 10.1 Å². The van der Waals surface area contributed by atoms with Gasteiger partial charge in [-0.3, -0.25) is 9.59 Å². The summed E-state index contributed by atoms with van der Waals surface area (Å²) in [5, 5.41) is 3.14. The van der Waals surface area contributed by atoms with Crippen molar-refractivity contribution in [1.29, 1.82) is 0 Å². The fourth-order valence-electron chi connectivity index (χ4n) is 1.25. The number of hydrogen-bond donors (Lipinski definition) is 1. The van der Waals surface area contributed by atoms with Crippen LogP contribution in [0.2, 0.25) is 5.02 Å². The van der Waals surface area contributed by atoms with E-state index < -0.39 is 0 Å². The van der Waals surface area contributed by atoms with Crippen LogP contribution in [-0.2, 0) is 14.3 Å². The van der Waals surface area contributed by atoms with Crippen LogP contribution in [0.3, 0.4) is 0 Å². The van der Waals surface area contributed by atoms with Crippen molar-refractivity contribution in [2.75, 3.05) is 11.9 Å². The number of amides is 1. The number of halogens is 2. The van der Waals surface area contributed by atoms with Crippen LogP contribution in [0.15, 0.2) is 18.2 Å². The number of carbonyl (C=O) groups is 2. The minimum atomic E-state index is -0.374. The lowest BCUT2D eigenvalue weighted by Gasteiger charge is -2.07. The molecule has 0 saturated heterocycles. The Labute approximate surface area is 124 Å². The molecule has 1 amide bonds. The Morgan fingerprint density at radius 1 is 1.39 bits per heavy atom. The van der Waals surface area contributed by atoms with E-state index >= 15 is 0 Å². The molecule has 0 radical (unpaired) electrons. The molecule has 6 heteroatoms. The number of benzene rings is 1. The van der Waals surface area contributed by atoms with E-state index in [2.05, 4.69) is 27.9 Å². The number of carbonyl (C=O) groups excluding carboxylic acids is 2. The van der Waals surface area contributed by atoms with E-state index in [4.69, 9.17) is 16.3 Å². The molecule has 4 nitrogen and oxygen atoms in total. The Hall–Kier alpha value is -0.820. The number of hydrogen-bond acceptors (Lipinski definition) is 3. The largest absolute Gasteiger partial charge is 0.466 e. The molecule has 0 aliphatic heterocycles. The zero-order valence-electron chi connectivity index (χ0n) is 9.83. The predicted molar refractivity (Wildman–Crippen MR) is 78.7 cm³/mol. The third-order valence-corrected chi connectivity index (χ3v) is 3.06. The average molecular weight is 382 g/mol. The van der Waals surface area contributed by atoms with Crippen molar-refractivity contribution in [2.45, 2.75) is 19.8 Å². The zero-order valence-corrected chi connectivity index (χ0v) is 12.7. The number of anilines is 1. The molecule has 0 fully saturated rings. The summed E-state index contributed by atoms with van der Waals surface area (Å²) in [7, 11) is 0. The van der Waals surface area contributed by atoms with Crippen molar-refractivity contribution >= 4 is 51.8 Å². The van der Waals surface area contributed by atoms with Gasteiger partial charge in [0.1, 0.15) is 0 Å². The van der Waals surface area contributed by atoms with Crippen LogP contribution < -0.4 is 5.32 Å². The first-order chi connectivity index (χ1) is 8.52. The first-order valence-electron chi connectivity index (χ1n) is 5.43. The molecular weight excluding hydrogens is 368 g/mol. The molecule has 1 rings (SSSR count). The molecule has 0 saturated carbocycles. The molecule has 98 valence electrons. The van der Waals surface area contributed by atoms with E-state index in [1.807, 2.05) is 6.07 Å². The second kappa shape index (κ2) is 7.58. The van der Waals surface area contributed by atoms with E-state index in [9.17, 15) is 9.59 Å². The second-order valence-corrected chi connectivity index (χ2v) is 5.13. The van der Waals surface area contributed by atoms with Crippen LogP contribution in [-0.4, -0.2) is 18.5 Å². The van der Waals surface area contributed by atoms with Crippen molar-refractivity contribution in [3.8, 4) is 0 Å². The van der Waals surface area contributed by atoms with Gasteiger partial charge in [-0.25, -0.2) is 0 Å². The van der Waals surface area contributed by atoms with Crippen molar-refractivity contribution < 1.29 is 14.3 Å². The highest BCUT2D eigenvalue weighted by molar-refractivity contribution is 14.1. The summed E-state index contributed by atoms with van der Waals surface area (Å²) < 4.78 is 5.71. The smallest absolute Gasteiger partial charge is 0.306 e. The van der Waals surface area contributed by atoms with Gasteiger partial charge in [0.05, 0.1) is 23.7 Å². The number of nitrogens with one attached hydrogen (secondary N) is 1. The number of rotatable bonds is 5. The standard InChI is InChI=1S/C12H13ClINO3/c1-2-18-12(17)6-5-11(16)15-10-7-8(14)3-4-9(10)13/h3-4,7H,2,5-6H2,1H3,(H,15,16). The highest BCUT2D eigenvalue weighted by Crippen LogP contribution is 2.24. The Balaban J connectivity index is 2.49. The molecule has 0 aliphatic rings. The highest BCUT2D eigenvalue weighted by atomic mass is 127. The van der Waals surface area contributed by atoms with Gasteiger partial charge in [0, 0.05) is 9.99 Å². The summed E-state index contributed by atoms with van der Waals surface area (Å²) in [5.41, 5.74) is 0.553. The van der Waals surface area contributed by atoms with Gasteiger partial charge in [0.25, 0.3) is 0 Å². The van der Waals surface area contributed by atoms with Crippen molar-refractivity contribution in [3.63, 3.8) is 0 Å². The molecule has 1 aromatic rings. The first kappa shape index (κ1) is 15.2. The molecule has 0 heterocycles. The van der Waals surface area contributed by atoms with Crippen LogP contribution in [0.5, 0.6) is 0 Å². The molecular formula is C12H13ClINO3. The maximum Gasteiger partial charge on any atom is 0.306 e. The second-order valence-electron chi connectivity index (χ2n) is 3.48. The van der Waals surface area contributed by atoms with E-state index in [1.54, 1.807) is 19.1 Å². The van der Waals surface area contributed by atoms with Gasteiger partial charge in [-0.1, -0.05) is 11.6 Å². The quantitative estimate of drug-likeness (QED) is 0.629. The first-order valence-corrected chi connectivity index (χ1v) is 6.89. The third kappa shape index (κ3) is 5.22. The fraction of sp³-hybridized carbons (Fsp3) is 0.333. The van der Waals surface area contributed by atoms with E-state index in [0.29, 0.717) is 17.3 Å². The average Bonchev–Trinajstić information content (AvgIpc) is 2.32. The Morgan fingerprint density at radius 3 is 2.78 bits per heavy atom. The van der Waals surface area contributed by atoms with Gasteiger partial charge in [0.2, 0.25) is 5.91 Å². The monoisotopic (exact) mass is 381 g/mol. The van der Waals surface area contributed by atoms with Gasteiger partial charge in [-0.2, -0.15) is 0 Å². The summed E-state index contributed by atoms with van der Waals surface area (Å²) in [4.78, 5) is 22.7. The van der Waals surface area contributed by atoms with Crippen LogP contribution >= 0.6 is 34.2 Å². The molecule has 18 heavy (non-hydrogen) atoms. The number of ether oxygens (including phenoxy) is 1. The van der Waals surface area contributed by atoms with Gasteiger partial charge >= 0.3 is 5.97 Å². The van der Waals surface area contributed by atoms with Gasteiger partial charge in [-0.05, 0) is 47.7 Å². The normalized spacial score (nSPS) is 9.94. The lowest BCUT2D eigenvalue weighted by atomic mass is 10.2. The number of esters is 1. The van der Waals surface area contributed by atoms with E-state index in [1.165, 1.54) is 0 Å². The van der Waals surface area contributed by atoms with Crippen LogP contribution in [0.1, 0.15) is 19.8 Å². The molecule has 1 N–H and O–H groups in total. The maximum atomic E-state index is 11.6. The SMILES string of the molecule is CCOC(=O)CCC(=O)Nc1cc(I)ccc1Cl. The summed E-state index contributed by atoms with van der Waals surface area (Å²) in [5.74, 6) is -0.631. The molecule has 0 aromatic heterocycles. The molecule has 0 bridgehead atoms. The maximum absolute atomic E-state index is 11.6. The van der Waals surface area contributed by atoms with Crippen LogP contribution in [0, 0.1) is 3.57 Å². The Bertz CT molecular complexity index is 451. The van der Waals surface area contributed by atoms with Crippen molar-refractivity contribution in [2.24, 2.45) is 0 Å².